The second kappa shape index (κ2) is 6.42. The number of carboxylic acids is 1. The Morgan fingerprint density at radius 2 is 2.26 bits per heavy atom. The maximum absolute atomic E-state index is 11.2. The summed E-state index contributed by atoms with van der Waals surface area (Å²) in [5.74, 6) is 0.244. The van der Waals surface area contributed by atoms with E-state index in [1.165, 1.54) is 19.3 Å². The van der Waals surface area contributed by atoms with Crippen molar-refractivity contribution in [3.8, 4) is 5.75 Å². The zero-order chi connectivity index (χ0) is 13.8. The van der Waals surface area contributed by atoms with Crippen molar-refractivity contribution >= 4 is 21.9 Å². The molecule has 1 aliphatic rings. The summed E-state index contributed by atoms with van der Waals surface area (Å²) >= 11 is 3.36. The molecular weight excluding hydrogens is 308 g/mol. The number of hydrogen-bond donors (Lipinski definition) is 1. The molecule has 19 heavy (non-hydrogen) atoms. The number of carbonyl (C=O) groups is 1. The van der Waals surface area contributed by atoms with Gasteiger partial charge in [0.05, 0.1) is 6.10 Å². The predicted molar refractivity (Wildman–Crippen MR) is 77.8 cm³/mol. The van der Waals surface area contributed by atoms with Gasteiger partial charge in [0.1, 0.15) is 11.3 Å². The minimum absolute atomic E-state index is 0.145. The molecule has 0 heterocycles. The summed E-state index contributed by atoms with van der Waals surface area (Å²) in [7, 11) is 0. The Morgan fingerprint density at radius 3 is 2.95 bits per heavy atom. The molecular formula is C15H19BrO3. The fraction of sp³-hybridized carbons (Fsp3) is 0.533. The van der Waals surface area contributed by atoms with Crippen LogP contribution in [0.25, 0.3) is 0 Å². The first kappa shape index (κ1) is 14.4. The second-order valence-electron chi connectivity index (χ2n) is 5.13. The van der Waals surface area contributed by atoms with Gasteiger partial charge in [0.25, 0.3) is 0 Å². The molecule has 1 fully saturated rings. The largest absolute Gasteiger partial charge is 0.489 e. The summed E-state index contributed by atoms with van der Waals surface area (Å²) < 4.78 is 6.79. The summed E-state index contributed by atoms with van der Waals surface area (Å²) in [5, 5.41) is 9.19. The molecule has 0 aromatic heterocycles. The van der Waals surface area contributed by atoms with Crippen molar-refractivity contribution in [3.05, 3.63) is 28.2 Å². The van der Waals surface area contributed by atoms with E-state index in [1.54, 1.807) is 18.2 Å². The molecule has 0 bridgehead atoms. The van der Waals surface area contributed by atoms with E-state index in [4.69, 9.17) is 4.74 Å². The molecule has 0 spiro atoms. The minimum Gasteiger partial charge on any atom is -0.489 e. The van der Waals surface area contributed by atoms with Crippen LogP contribution in [-0.4, -0.2) is 17.2 Å². The average Bonchev–Trinajstić information content (AvgIpc) is 2.38. The normalized spacial score (nSPS) is 23.1. The molecule has 3 nitrogen and oxygen atoms in total. The number of benzene rings is 1. The molecule has 0 radical (unpaired) electrons. The van der Waals surface area contributed by atoms with Gasteiger partial charge in [-0.25, -0.2) is 4.79 Å². The van der Waals surface area contributed by atoms with Gasteiger partial charge in [0.15, 0.2) is 0 Å². The standard InChI is InChI=1S/C15H19BrO3/c1-2-10-4-3-5-12(8-10)19-14-9-11(16)6-7-13(14)15(17)18/h6-7,9-10,12H,2-5,8H2,1H3,(H,17,18). The summed E-state index contributed by atoms with van der Waals surface area (Å²) in [5.41, 5.74) is 0.238. The Labute approximate surface area is 122 Å². The highest BCUT2D eigenvalue weighted by Gasteiger charge is 2.23. The van der Waals surface area contributed by atoms with Gasteiger partial charge in [-0.3, -0.25) is 0 Å². The molecule has 2 atom stereocenters. The van der Waals surface area contributed by atoms with Crippen LogP contribution in [0.2, 0.25) is 0 Å². The maximum atomic E-state index is 11.2. The van der Waals surface area contributed by atoms with E-state index in [1.807, 2.05) is 0 Å². The molecule has 1 aromatic rings. The van der Waals surface area contributed by atoms with Crippen LogP contribution in [0.3, 0.4) is 0 Å². The molecule has 0 saturated heterocycles. The maximum Gasteiger partial charge on any atom is 0.339 e. The average molecular weight is 327 g/mol. The third kappa shape index (κ3) is 3.72. The lowest BCUT2D eigenvalue weighted by molar-refractivity contribution is 0.0682. The van der Waals surface area contributed by atoms with E-state index in [-0.39, 0.29) is 11.7 Å². The first-order chi connectivity index (χ1) is 9.10. The second-order valence-corrected chi connectivity index (χ2v) is 6.04. The van der Waals surface area contributed by atoms with E-state index in [0.717, 1.165) is 17.3 Å². The number of ether oxygens (including phenoxy) is 1. The lowest BCUT2D eigenvalue weighted by Crippen LogP contribution is -2.25. The fourth-order valence-electron chi connectivity index (χ4n) is 2.67. The smallest absolute Gasteiger partial charge is 0.339 e. The highest BCUT2D eigenvalue weighted by molar-refractivity contribution is 9.10. The zero-order valence-electron chi connectivity index (χ0n) is 11.1. The number of carboxylic acid groups (broad SMARTS) is 1. The number of hydrogen-bond acceptors (Lipinski definition) is 2. The van der Waals surface area contributed by atoms with Gasteiger partial charge in [-0.15, -0.1) is 0 Å². The van der Waals surface area contributed by atoms with Crippen molar-refractivity contribution in [2.45, 2.75) is 45.1 Å². The zero-order valence-corrected chi connectivity index (χ0v) is 12.6. The van der Waals surface area contributed by atoms with Crippen molar-refractivity contribution in [2.24, 2.45) is 5.92 Å². The molecule has 0 amide bonds. The molecule has 1 aliphatic carbocycles. The van der Waals surface area contributed by atoms with Crippen LogP contribution >= 0.6 is 15.9 Å². The van der Waals surface area contributed by atoms with Crippen molar-refractivity contribution in [1.29, 1.82) is 0 Å². The van der Waals surface area contributed by atoms with Gasteiger partial charge in [-0.2, -0.15) is 0 Å². The highest BCUT2D eigenvalue weighted by atomic mass is 79.9. The minimum atomic E-state index is -0.939. The molecule has 2 rings (SSSR count). The van der Waals surface area contributed by atoms with Crippen LogP contribution in [0.15, 0.2) is 22.7 Å². The highest BCUT2D eigenvalue weighted by Crippen LogP contribution is 2.32. The van der Waals surface area contributed by atoms with Gasteiger partial charge in [-0.1, -0.05) is 35.7 Å². The lowest BCUT2D eigenvalue weighted by atomic mass is 9.85. The summed E-state index contributed by atoms with van der Waals surface area (Å²) in [6, 6.07) is 5.06. The van der Waals surface area contributed by atoms with E-state index in [0.29, 0.717) is 11.7 Å². The van der Waals surface area contributed by atoms with E-state index in [9.17, 15) is 9.90 Å². The molecule has 2 unspecified atom stereocenters. The topological polar surface area (TPSA) is 46.5 Å². The molecule has 1 saturated carbocycles. The third-order valence-corrected chi connectivity index (χ3v) is 4.27. The van der Waals surface area contributed by atoms with Crippen molar-refractivity contribution < 1.29 is 14.6 Å². The van der Waals surface area contributed by atoms with Crippen LogP contribution in [0.4, 0.5) is 0 Å². The van der Waals surface area contributed by atoms with E-state index >= 15 is 0 Å². The van der Waals surface area contributed by atoms with Crippen LogP contribution in [0.5, 0.6) is 5.75 Å². The molecule has 1 aromatic carbocycles. The molecule has 1 N–H and O–H groups in total. The van der Waals surface area contributed by atoms with Crippen LogP contribution < -0.4 is 4.74 Å². The van der Waals surface area contributed by atoms with Gasteiger partial charge in [0.2, 0.25) is 0 Å². The van der Waals surface area contributed by atoms with Gasteiger partial charge < -0.3 is 9.84 Å². The summed E-state index contributed by atoms with van der Waals surface area (Å²) in [4.78, 5) is 11.2. The van der Waals surface area contributed by atoms with Crippen LogP contribution in [-0.2, 0) is 0 Å². The first-order valence-electron chi connectivity index (χ1n) is 6.79. The number of halogens is 1. The summed E-state index contributed by atoms with van der Waals surface area (Å²) in [6.07, 6.45) is 5.79. The quantitative estimate of drug-likeness (QED) is 0.886. The molecule has 0 aliphatic heterocycles. The van der Waals surface area contributed by atoms with Crippen molar-refractivity contribution in [1.82, 2.24) is 0 Å². The molecule has 104 valence electrons. The van der Waals surface area contributed by atoms with Crippen LogP contribution in [0, 0.1) is 5.92 Å². The van der Waals surface area contributed by atoms with Gasteiger partial charge in [0, 0.05) is 4.47 Å². The third-order valence-electron chi connectivity index (χ3n) is 3.78. The Morgan fingerprint density at radius 1 is 1.47 bits per heavy atom. The summed E-state index contributed by atoms with van der Waals surface area (Å²) in [6.45, 7) is 2.20. The van der Waals surface area contributed by atoms with Gasteiger partial charge in [-0.05, 0) is 43.4 Å². The Balaban J connectivity index is 2.13. The van der Waals surface area contributed by atoms with E-state index < -0.39 is 5.97 Å². The first-order valence-corrected chi connectivity index (χ1v) is 7.59. The van der Waals surface area contributed by atoms with Crippen molar-refractivity contribution in [3.63, 3.8) is 0 Å². The SMILES string of the molecule is CCC1CCCC(Oc2cc(Br)ccc2C(=O)O)C1. The fourth-order valence-corrected chi connectivity index (χ4v) is 3.01. The van der Waals surface area contributed by atoms with Crippen LogP contribution in [0.1, 0.15) is 49.4 Å². The molecule has 4 heteroatoms. The Kier molecular flexibility index (Phi) is 4.86. The Hall–Kier alpha value is -1.03. The Bertz CT molecular complexity index is 459. The number of rotatable bonds is 4. The van der Waals surface area contributed by atoms with Crippen molar-refractivity contribution in [2.75, 3.05) is 0 Å². The van der Waals surface area contributed by atoms with Gasteiger partial charge >= 0.3 is 5.97 Å². The number of aromatic carboxylic acids is 1. The predicted octanol–water partition coefficient (Wildman–Crippen LogP) is 4.49. The lowest BCUT2D eigenvalue weighted by Gasteiger charge is -2.29. The monoisotopic (exact) mass is 326 g/mol. The van der Waals surface area contributed by atoms with E-state index in [2.05, 4.69) is 22.9 Å².